The Balaban J connectivity index is 1.97. The Labute approximate surface area is 125 Å². The molecule has 21 heavy (non-hydrogen) atoms. The molecule has 2 rings (SSSR count). The van der Waals surface area contributed by atoms with E-state index >= 15 is 0 Å². The topological polar surface area (TPSA) is 61.8 Å². The zero-order valence-corrected chi connectivity index (χ0v) is 12.9. The first-order valence-corrected chi connectivity index (χ1v) is 7.42. The average Bonchev–Trinajstić information content (AvgIpc) is 2.84. The van der Waals surface area contributed by atoms with E-state index in [1.807, 2.05) is 17.9 Å². The van der Waals surface area contributed by atoms with Crippen LogP contribution < -0.4 is 10.1 Å². The number of carbonyl (C=O) groups is 1. The number of nitrogens with zero attached hydrogens (tertiary/aromatic N) is 1. The van der Waals surface area contributed by atoms with Crippen LogP contribution in [-0.4, -0.2) is 42.2 Å². The first-order chi connectivity index (χ1) is 10.0. The number of rotatable bonds is 6. The third-order valence-corrected chi connectivity index (χ3v) is 3.90. The summed E-state index contributed by atoms with van der Waals surface area (Å²) in [6.45, 7) is 5.60. The SMILES string of the molecule is COc1ccc(O)c(C(C)NC(C)CN2CCCC2=O)c1. The monoisotopic (exact) mass is 292 g/mol. The molecule has 0 saturated carbocycles. The highest BCUT2D eigenvalue weighted by molar-refractivity contribution is 5.78. The molecule has 0 bridgehead atoms. The second kappa shape index (κ2) is 6.80. The predicted molar refractivity (Wildman–Crippen MR) is 81.5 cm³/mol. The van der Waals surface area contributed by atoms with Gasteiger partial charge in [0.05, 0.1) is 7.11 Å². The predicted octanol–water partition coefficient (Wildman–Crippen LogP) is 2.06. The van der Waals surface area contributed by atoms with Crippen LogP contribution in [0.4, 0.5) is 0 Å². The number of nitrogens with one attached hydrogen (secondary N) is 1. The summed E-state index contributed by atoms with van der Waals surface area (Å²) in [6, 6.07) is 5.35. The number of amides is 1. The fourth-order valence-electron chi connectivity index (χ4n) is 2.80. The lowest BCUT2D eigenvalue weighted by atomic mass is 10.1. The molecule has 0 aromatic heterocycles. The minimum absolute atomic E-state index is 0.0206. The molecule has 1 aromatic carbocycles. The molecular formula is C16H24N2O3. The summed E-state index contributed by atoms with van der Waals surface area (Å²) in [5.41, 5.74) is 0.800. The maximum absolute atomic E-state index is 11.6. The van der Waals surface area contributed by atoms with Crippen LogP contribution in [0.3, 0.4) is 0 Å². The molecule has 1 heterocycles. The molecule has 1 saturated heterocycles. The molecule has 1 aliphatic rings. The third kappa shape index (κ3) is 3.88. The van der Waals surface area contributed by atoms with Crippen molar-refractivity contribution >= 4 is 5.91 Å². The summed E-state index contributed by atoms with van der Waals surface area (Å²) in [6.07, 6.45) is 1.62. The number of hydrogen-bond donors (Lipinski definition) is 2. The first kappa shape index (κ1) is 15.6. The second-order valence-corrected chi connectivity index (χ2v) is 5.66. The van der Waals surface area contributed by atoms with Gasteiger partial charge in [-0.15, -0.1) is 0 Å². The summed E-state index contributed by atoms with van der Waals surface area (Å²) >= 11 is 0. The Morgan fingerprint density at radius 2 is 2.19 bits per heavy atom. The van der Waals surface area contributed by atoms with Crippen molar-refractivity contribution in [1.82, 2.24) is 10.2 Å². The van der Waals surface area contributed by atoms with E-state index in [4.69, 9.17) is 4.74 Å². The number of ether oxygens (including phenoxy) is 1. The fraction of sp³-hybridized carbons (Fsp3) is 0.562. The Bertz CT molecular complexity index is 504. The highest BCUT2D eigenvalue weighted by atomic mass is 16.5. The number of phenolic OH excluding ortho intramolecular Hbond substituents is 1. The highest BCUT2D eigenvalue weighted by Crippen LogP contribution is 2.28. The van der Waals surface area contributed by atoms with Gasteiger partial charge in [-0.05, 0) is 38.5 Å². The lowest BCUT2D eigenvalue weighted by Crippen LogP contribution is -2.40. The summed E-state index contributed by atoms with van der Waals surface area (Å²) in [5.74, 6) is 1.21. The summed E-state index contributed by atoms with van der Waals surface area (Å²) in [7, 11) is 1.61. The number of carbonyl (C=O) groups excluding carboxylic acids is 1. The van der Waals surface area contributed by atoms with E-state index in [9.17, 15) is 9.90 Å². The van der Waals surface area contributed by atoms with Crippen molar-refractivity contribution in [2.75, 3.05) is 20.2 Å². The molecule has 1 fully saturated rings. The second-order valence-electron chi connectivity index (χ2n) is 5.66. The minimum Gasteiger partial charge on any atom is -0.508 e. The van der Waals surface area contributed by atoms with Crippen molar-refractivity contribution < 1.29 is 14.6 Å². The largest absolute Gasteiger partial charge is 0.508 e. The average molecular weight is 292 g/mol. The number of phenols is 1. The molecule has 0 aliphatic carbocycles. The van der Waals surface area contributed by atoms with Gasteiger partial charge in [0.15, 0.2) is 0 Å². The van der Waals surface area contributed by atoms with Crippen LogP contribution in [-0.2, 0) is 4.79 Å². The van der Waals surface area contributed by atoms with Crippen LogP contribution >= 0.6 is 0 Å². The maximum atomic E-state index is 11.6. The van der Waals surface area contributed by atoms with Gasteiger partial charge < -0.3 is 20.1 Å². The molecule has 5 heteroatoms. The van der Waals surface area contributed by atoms with E-state index in [2.05, 4.69) is 12.2 Å². The summed E-state index contributed by atoms with van der Waals surface area (Å²) in [4.78, 5) is 13.5. The fourth-order valence-corrected chi connectivity index (χ4v) is 2.80. The first-order valence-electron chi connectivity index (χ1n) is 7.42. The third-order valence-electron chi connectivity index (χ3n) is 3.90. The molecule has 116 valence electrons. The molecule has 2 N–H and O–H groups in total. The van der Waals surface area contributed by atoms with Crippen LogP contribution in [0.2, 0.25) is 0 Å². The molecular weight excluding hydrogens is 268 g/mol. The van der Waals surface area contributed by atoms with Gasteiger partial charge in [0.2, 0.25) is 5.91 Å². The molecule has 0 spiro atoms. The van der Waals surface area contributed by atoms with Gasteiger partial charge >= 0.3 is 0 Å². The van der Waals surface area contributed by atoms with Crippen LogP contribution in [0.1, 0.15) is 38.3 Å². The van der Waals surface area contributed by atoms with Gasteiger partial charge in [-0.3, -0.25) is 4.79 Å². The van der Waals surface area contributed by atoms with E-state index in [1.165, 1.54) is 0 Å². The van der Waals surface area contributed by atoms with Gasteiger partial charge in [0.1, 0.15) is 11.5 Å². The smallest absolute Gasteiger partial charge is 0.222 e. The Hall–Kier alpha value is -1.75. The number of hydrogen-bond acceptors (Lipinski definition) is 4. The van der Waals surface area contributed by atoms with Gasteiger partial charge in [-0.25, -0.2) is 0 Å². The van der Waals surface area contributed by atoms with E-state index in [0.717, 1.165) is 24.3 Å². The highest BCUT2D eigenvalue weighted by Gasteiger charge is 2.23. The van der Waals surface area contributed by atoms with Crippen molar-refractivity contribution in [2.24, 2.45) is 0 Å². The lowest BCUT2D eigenvalue weighted by Gasteiger charge is -2.25. The van der Waals surface area contributed by atoms with Gasteiger partial charge in [-0.2, -0.15) is 0 Å². The van der Waals surface area contributed by atoms with E-state index in [-0.39, 0.29) is 23.7 Å². The van der Waals surface area contributed by atoms with Crippen LogP contribution in [0, 0.1) is 0 Å². The zero-order valence-electron chi connectivity index (χ0n) is 12.9. The standard InChI is InChI=1S/C16H24N2O3/c1-11(10-18-8-4-5-16(18)20)17-12(2)14-9-13(21-3)6-7-15(14)19/h6-7,9,11-12,17,19H,4-5,8,10H2,1-3H3. The zero-order chi connectivity index (χ0) is 15.4. The molecule has 2 unspecified atom stereocenters. The molecule has 1 aliphatic heterocycles. The number of methoxy groups -OCH3 is 1. The Morgan fingerprint density at radius 1 is 1.43 bits per heavy atom. The molecule has 5 nitrogen and oxygen atoms in total. The van der Waals surface area contributed by atoms with Crippen molar-refractivity contribution in [3.63, 3.8) is 0 Å². The lowest BCUT2D eigenvalue weighted by molar-refractivity contribution is -0.127. The van der Waals surface area contributed by atoms with E-state index in [0.29, 0.717) is 13.0 Å². The van der Waals surface area contributed by atoms with Crippen LogP contribution in [0.5, 0.6) is 11.5 Å². The molecule has 1 aromatic rings. The summed E-state index contributed by atoms with van der Waals surface area (Å²) in [5, 5.41) is 13.4. The van der Waals surface area contributed by atoms with Gasteiger partial charge in [0.25, 0.3) is 0 Å². The number of aromatic hydroxyl groups is 1. The minimum atomic E-state index is -0.0206. The van der Waals surface area contributed by atoms with Gasteiger partial charge in [-0.1, -0.05) is 0 Å². The Morgan fingerprint density at radius 3 is 2.81 bits per heavy atom. The maximum Gasteiger partial charge on any atom is 0.222 e. The van der Waals surface area contributed by atoms with Crippen molar-refractivity contribution in [2.45, 2.75) is 38.8 Å². The number of likely N-dealkylation sites (tertiary alicyclic amines) is 1. The van der Waals surface area contributed by atoms with Crippen molar-refractivity contribution in [3.8, 4) is 11.5 Å². The molecule has 1 amide bonds. The van der Waals surface area contributed by atoms with E-state index in [1.54, 1.807) is 19.2 Å². The van der Waals surface area contributed by atoms with Crippen molar-refractivity contribution in [3.05, 3.63) is 23.8 Å². The van der Waals surface area contributed by atoms with Crippen LogP contribution in [0.25, 0.3) is 0 Å². The normalized spacial score (nSPS) is 17.9. The number of benzene rings is 1. The van der Waals surface area contributed by atoms with Crippen molar-refractivity contribution in [1.29, 1.82) is 0 Å². The Kier molecular flexibility index (Phi) is 5.07. The van der Waals surface area contributed by atoms with E-state index < -0.39 is 0 Å². The molecule has 2 atom stereocenters. The van der Waals surface area contributed by atoms with Crippen LogP contribution in [0.15, 0.2) is 18.2 Å². The quantitative estimate of drug-likeness (QED) is 0.842. The summed E-state index contributed by atoms with van der Waals surface area (Å²) < 4.78 is 5.19. The molecule has 0 radical (unpaired) electrons. The van der Waals surface area contributed by atoms with Gasteiger partial charge in [0, 0.05) is 37.2 Å².